The minimum Gasteiger partial charge on any atom is -0.342 e. The van der Waals surface area contributed by atoms with Crippen molar-refractivity contribution >= 4 is 15.9 Å². The summed E-state index contributed by atoms with van der Waals surface area (Å²) < 4.78 is 25.6. The molecule has 1 aliphatic heterocycles. The molecular weight excluding hydrogens is 312 g/mol. The van der Waals surface area contributed by atoms with Gasteiger partial charge in [-0.25, -0.2) is 8.42 Å². The monoisotopic (exact) mass is 338 g/mol. The number of piperidine rings is 1. The summed E-state index contributed by atoms with van der Waals surface area (Å²) in [5, 5.41) is 0. The number of sulfonamides is 1. The molecule has 2 rings (SSSR count). The Labute approximate surface area is 139 Å². The van der Waals surface area contributed by atoms with E-state index < -0.39 is 10.0 Å². The molecule has 1 fully saturated rings. The van der Waals surface area contributed by atoms with Crippen LogP contribution in [0.5, 0.6) is 0 Å². The maximum Gasteiger partial charge on any atom is 0.237 e. The Morgan fingerprint density at radius 1 is 1.26 bits per heavy atom. The van der Waals surface area contributed by atoms with Crippen molar-refractivity contribution in [3.63, 3.8) is 0 Å². The zero-order chi connectivity index (χ0) is 17.0. The number of carbonyl (C=O) groups excluding carboxylic acids is 1. The van der Waals surface area contributed by atoms with Gasteiger partial charge in [-0.1, -0.05) is 37.3 Å². The molecule has 0 N–H and O–H groups in total. The van der Waals surface area contributed by atoms with Gasteiger partial charge in [0.1, 0.15) is 0 Å². The van der Waals surface area contributed by atoms with E-state index >= 15 is 0 Å². The molecule has 1 unspecified atom stereocenters. The zero-order valence-corrected chi connectivity index (χ0v) is 14.9. The number of rotatable bonds is 5. The second-order valence-electron chi connectivity index (χ2n) is 6.46. The molecule has 0 radical (unpaired) electrons. The molecule has 1 aromatic carbocycles. The van der Waals surface area contributed by atoms with E-state index in [0.29, 0.717) is 5.92 Å². The summed E-state index contributed by atoms with van der Waals surface area (Å²) in [6.07, 6.45) is 3.13. The third kappa shape index (κ3) is 4.78. The average molecular weight is 338 g/mol. The highest BCUT2D eigenvalue weighted by atomic mass is 32.2. The Hall–Kier alpha value is -1.40. The topological polar surface area (TPSA) is 57.7 Å². The van der Waals surface area contributed by atoms with Gasteiger partial charge in [-0.15, -0.1) is 0 Å². The standard InChI is InChI=1S/C17H26N2O3S/c1-14-9-11-18(12-10-14)17(20)13-19(23(3,21)22)15(2)16-7-5-4-6-8-16/h4-8,14-15H,9-13H2,1-3H3. The Morgan fingerprint density at radius 3 is 2.35 bits per heavy atom. The van der Waals surface area contributed by atoms with Gasteiger partial charge >= 0.3 is 0 Å². The lowest BCUT2D eigenvalue weighted by atomic mass is 9.99. The summed E-state index contributed by atoms with van der Waals surface area (Å²) in [7, 11) is -3.47. The Balaban J connectivity index is 2.12. The second kappa shape index (κ2) is 7.45. The van der Waals surface area contributed by atoms with Crippen molar-refractivity contribution in [3.05, 3.63) is 35.9 Å². The van der Waals surface area contributed by atoms with Crippen molar-refractivity contribution in [2.45, 2.75) is 32.7 Å². The molecule has 1 aromatic rings. The Kier molecular flexibility index (Phi) is 5.81. The summed E-state index contributed by atoms with van der Waals surface area (Å²) in [6.45, 7) is 5.35. The first-order valence-corrected chi connectivity index (χ1v) is 9.93. The molecule has 0 spiro atoms. The number of nitrogens with zero attached hydrogens (tertiary/aromatic N) is 2. The SMILES string of the molecule is CC1CCN(C(=O)CN(C(C)c2ccccc2)S(C)(=O)=O)CC1. The van der Waals surface area contributed by atoms with Crippen molar-refractivity contribution < 1.29 is 13.2 Å². The second-order valence-corrected chi connectivity index (χ2v) is 8.39. The molecule has 1 atom stereocenters. The van der Waals surface area contributed by atoms with Gasteiger partial charge in [0.2, 0.25) is 15.9 Å². The number of benzene rings is 1. The van der Waals surface area contributed by atoms with E-state index in [1.165, 1.54) is 4.31 Å². The smallest absolute Gasteiger partial charge is 0.237 e. The minimum absolute atomic E-state index is 0.0940. The van der Waals surface area contributed by atoms with E-state index in [1.54, 1.807) is 4.90 Å². The molecule has 0 aliphatic carbocycles. The number of likely N-dealkylation sites (tertiary alicyclic amines) is 1. The molecule has 23 heavy (non-hydrogen) atoms. The molecule has 1 saturated heterocycles. The number of hydrogen-bond donors (Lipinski definition) is 0. The van der Waals surface area contributed by atoms with Crippen LogP contribution in [-0.4, -0.2) is 49.4 Å². The van der Waals surface area contributed by atoms with Crippen LogP contribution in [0.15, 0.2) is 30.3 Å². The lowest BCUT2D eigenvalue weighted by Crippen LogP contribution is -2.46. The molecule has 5 nitrogen and oxygen atoms in total. The number of hydrogen-bond acceptors (Lipinski definition) is 3. The molecule has 1 aliphatic rings. The summed E-state index contributed by atoms with van der Waals surface area (Å²) in [5.41, 5.74) is 0.887. The fraction of sp³-hybridized carbons (Fsp3) is 0.588. The fourth-order valence-corrected chi connectivity index (χ4v) is 3.97. The van der Waals surface area contributed by atoms with Gasteiger partial charge in [-0.05, 0) is 31.2 Å². The van der Waals surface area contributed by atoms with E-state index in [9.17, 15) is 13.2 Å². The van der Waals surface area contributed by atoms with Crippen LogP contribution in [0.1, 0.15) is 38.3 Å². The van der Waals surface area contributed by atoms with E-state index in [0.717, 1.165) is 37.8 Å². The molecule has 0 aromatic heterocycles. The van der Waals surface area contributed by atoms with Crippen LogP contribution in [-0.2, 0) is 14.8 Å². The first kappa shape index (κ1) is 17.9. The molecule has 0 saturated carbocycles. The van der Waals surface area contributed by atoms with Gasteiger partial charge in [0.15, 0.2) is 0 Å². The van der Waals surface area contributed by atoms with E-state index in [4.69, 9.17) is 0 Å². The lowest BCUT2D eigenvalue weighted by molar-refractivity contribution is -0.133. The zero-order valence-electron chi connectivity index (χ0n) is 14.1. The fourth-order valence-electron chi connectivity index (χ4n) is 2.93. The Morgan fingerprint density at radius 2 is 1.83 bits per heavy atom. The highest BCUT2D eigenvalue weighted by molar-refractivity contribution is 7.88. The predicted molar refractivity (Wildman–Crippen MR) is 91.4 cm³/mol. The van der Waals surface area contributed by atoms with E-state index in [-0.39, 0.29) is 18.5 Å². The van der Waals surface area contributed by atoms with Crippen molar-refractivity contribution in [1.82, 2.24) is 9.21 Å². The molecule has 0 bridgehead atoms. The van der Waals surface area contributed by atoms with Crippen LogP contribution in [0.25, 0.3) is 0 Å². The molecular formula is C17H26N2O3S. The first-order valence-electron chi connectivity index (χ1n) is 8.08. The van der Waals surface area contributed by atoms with Crippen molar-refractivity contribution in [2.75, 3.05) is 25.9 Å². The summed E-state index contributed by atoms with van der Waals surface area (Å²) >= 11 is 0. The molecule has 6 heteroatoms. The quantitative estimate of drug-likeness (QED) is 0.827. The van der Waals surface area contributed by atoms with Crippen LogP contribution in [0.4, 0.5) is 0 Å². The maximum atomic E-state index is 12.5. The average Bonchev–Trinajstić information content (AvgIpc) is 2.52. The molecule has 1 amide bonds. The largest absolute Gasteiger partial charge is 0.342 e. The predicted octanol–water partition coefficient (Wildman–Crippen LogP) is 2.27. The summed E-state index contributed by atoms with van der Waals surface area (Å²) in [5.74, 6) is 0.526. The number of carbonyl (C=O) groups is 1. The van der Waals surface area contributed by atoms with Crippen LogP contribution >= 0.6 is 0 Å². The highest BCUT2D eigenvalue weighted by Gasteiger charge is 2.29. The first-order chi connectivity index (χ1) is 10.8. The van der Waals surface area contributed by atoms with Crippen LogP contribution in [0, 0.1) is 5.92 Å². The van der Waals surface area contributed by atoms with Crippen molar-refractivity contribution in [2.24, 2.45) is 5.92 Å². The third-order valence-corrected chi connectivity index (χ3v) is 5.86. The minimum atomic E-state index is -3.47. The maximum absolute atomic E-state index is 12.5. The van der Waals surface area contributed by atoms with Crippen LogP contribution < -0.4 is 0 Å². The highest BCUT2D eigenvalue weighted by Crippen LogP contribution is 2.23. The number of amides is 1. The van der Waals surface area contributed by atoms with Gasteiger partial charge in [0.05, 0.1) is 12.8 Å². The van der Waals surface area contributed by atoms with Gasteiger partial charge in [-0.2, -0.15) is 4.31 Å². The third-order valence-electron chi connectivity index (χ3n) is 4.57. The molecule has 128 valence electrons. The lowest BCUT2D eigenvalue weighted by Gasteiger charge is -2.33. The van der Waals surface area contributed by atoms with Gasteiger partial charge in [0.25, 0.3) is 0 Å². The normalized spacial score (nSPS) is 18.2. The Bertz CT molecular complexity index is 622. The molecule has 1 heterocycles. The van der Waals surface area contributed by atoms with Crippen LogP contribution in [0.3, 0.4) is 0 Å². The van der Waals surface area contributed by atoms with Gasteiger partial charge in [0, 0.05) is 19.1 Å². The van der Waals surface area contributed by atoms with Crippen LogP contribution in [0.2, 0.25) is 0 Å². The van der Waals surface area contributed by atoms with Crippen molar-refractivity contribution in [3.8, 4) is 0 Å². The van der Waals surface area contributed by atoms with Crippen molar-refractivity contribution in [1.29, 1.82) is 0 Å². The van der Waals surface area contributed by atoms with E-state index in [2.05, 4.69) is 6.92 Å². The summed E-state index contributed by atoms with van der Waals surface area (Å²) in [6, 6.07) is 9.05. The summed E-state index contributed by atoms with van der Waals surface area (Å²) in [4.78, 5) is 14.3. The van der Waals surface area contributed by atoms with E-state index in [1.807, 2.05) is 37.3 Å². The van der Waals surface area contributed by atoms with Gasteiger partial charge < -0.3 is 4.90 Å². The van der Waals surface area contributed by atoms with Gasteiger partial charge in [-0.3, -0.25) is 4.79 Å².